The maximum absolute atomic E-state index is 14.8. The molecule has 3 aromatic rings. The highest BCUT2D eigenvalue weighted by molar-refractivity contribution is 6.32. The van der Waals surface area contributed by atoms with Crippen LogP contribution in [0.5, 0.6) is 17.2 Å². The highest BCUT2D eigenvalue weighted by atomic mass is 35.5. The Kier molecular flexibility index (Phi) is 8.02. The molecule has 14 heteroatoms. The fourth-order valence-electron chi connectivity index (χ4n) is 4.06. The SMILES string of the molecule is Cn1c(C(F)(F)F)cc(=O)n(-c2cc(Oc3ccccc3OC(CC3CCCO3)C(=O)O)c(Cl)cc2F)c1=O. The van der Waals surface area contributed by atoms with Gasteiger partial charge in [-0.25, -0.2) is 18.5 Å². The molecule has 1 aliphatic rings. The first-order valence-corrected chi connectivity index (χ1v) is 11.9. The van der Waals surface area contributed by atoms with Crippen LogP contribution in [0.2, 0.25) is 5.02 Å². The summed E-state index contributed by atoms with van der Waals surface area (Å²) in [4.78, 5) is 36.9. The predicted molar refractivity (Wildman–Crippen MR) is 129 cm³/mol. The van der Waals surface area contributed by atoms with E-state index in [4.69, 9.17) is 25.8 Å². The molecule has 208 valence electrons. The highest BCUT2D eigenvalue weighted by Gasteiger charge is 2.35. The van der Waals surface area contributed by atoms with Gasteiger partial charge in [0.05, 0.1) is 16.8 Å². The first kappa shape index (κ1) is 28.2. The Balaban J connectivity index is 1.71. The summed E-state index contributed by atoms with van der Waals surface area (Å²) in [6.45, 7) is 0.521. The number of rotatable bonds is 8. The summed E-state index contributed by atoms with van der Waals surface area (Å²) in [5, 5.41) is 9.33. The summed E-state index contributed by atoms with van der Waals surface area (Å²) >= 11 is 6.12. The molecule has 0 radical (unpaired) electrons. The van der Waals surface area contributed by atoms with Gasteiger partial charge in [0.25, 0.3) is 5.56 Å². The number of para-hydroxylation sites is 2. The first-order chi connectivity index (χ1) is 18.4. The van der Waals surface area contributed by atoms with Gasteiger partial charge in [0, 0.05) is 32.2 Å². The number of halogens is 5. The Bertz CT molecular complexity index is 1510. The molecule has 0 spiro atoms. The summed E-state index contributed by atoms with van der Waals surface area (Å²) in [5.74, 6) is -2.75. The summed E-state index contributed by atoms with van der Waals surface area (Å²) in [5.41, 5.74) is -5.11. The van der Waals surface area contributed by atoms with E-state index in [-0.39, 0.29) is 50.0 Å². The topological polar surface area (TPSA) is 109 Å². The van der Waals surface area contributed by atoms with Crippen LogP contribution in [0.15, 0.2) is 52.1 Å². The number of benzene rings is 2. The lowest BCUT2D eigenvalue weighted by Crippen LogP contribution is -2.41. The third kappa shape index (κ3) is 6.09. The molecule has 1 saturated heterocycles. The Morgan fingerprint density at radius 2 is 1.87 bits per heavy atom. The van der Waals surface area contributed by atoms with E-state index in [1.807, 2.05) is 0 Å². The monoisotopic (exact) mass is 572 g/mol. The summed E-state index contributed by atoms with van der Waals surface area (Å²) in [6.07, 6.45) is -5.02. The lowest BCUT2D eigenvalue weighted by Gasteiger charge is -2.20. The Morgan fingerprint density at radius 1 is 1.18 bits per heavy atom. The maximum Gasteiger partial charge on any atom is 0.431 e. The molecule has 0 saturated carbocycles. The second-order valence-electron chi connectivity index (χ2n) is 8.64. The zero-order valence-corrected chi connectivity index (χ0v) is 21.0. The number of alkyl halides is 3. The standard InChI is InChI=1S/C25H21ClF4N2O7/c1-31-21(25(28,29)30)12-22(33)32(24(31)36)16-11-19(14(26)10-15(16)27)38-17-6-2-3-7-18(17)39-20(23(34)35)9-13-5-4-8-37-13/h2-3,6-7,10-13,20H,4-5,8-9H2,1H3,(H,34,35). The smallest absolute Gasteiger partial charge is 0.431 e. The van der Waals surface area contributed by atoms with E-state index in [1.54, 1.807) is 6.07 Å². The van der Waals surface area contributed by atoms with Crippen molar-refractivity contribution < 1.29 is 41.7 Å². The largest absolute Gasteiger partial charge is 0.479 e. The van der Waals surface area contributed by atoms with Crippen LogP contribution in [0.4, 0.5) is 17.6 Å². The molecule has 0 amide bonds. The molecule has 0 bridgehead atoms. The van der Waals surface area contributed by atoms with Crippen molar-refractivity contribution in [3.05, 3.63) is 79.8 Å². The highest BCUT2D eigenvalue weighted by Crippen LogP contribution is 2.38. The predicted octanol–water partition coefficient (Wildman–Crippen LogP) is 4.54. The second kappa shape index (κ2) is 11.1. The van der Waals surface area contributed by atoms with Crippen LogP contribution < -0.4 is 20.7 Å². The van der Waals surface area contributed by atoms with Gasteiger partial charge in [-0.05, 0) is 31.0 Å². The Morgan fingerprint density at radius 3 is 2.49 bits per heavy atom. The van der Waals surface area contributed by atoms with Crippen LogP contribution in [-0.4, -0.2) is 39.0 Å². The minimum Gasteiger partial charge on any atom is -0.479 e. The molecule has 2 heterocycles. The maximum atomic E-state index is 14.8. The van der Waals surface area contributed by atoms with Gasteiger partial charge >= 0.3 is 17.8 Å². The molecule has 9 nitrogen and oxygen atoms in total. The van der Waals surface area contributed by atoms with Gasteiger partial charge in [0.2, 0.25) is 0 Å². The zero-order valence-electron chi connectivity index (χ0n) is 20.2. The third-order valence-electron chi connectivity index (χ3n) is 5.97. The normalized spacial score (nSPS) is 16.2. The first-order valence-electron chi connectivity index (χ1n) is 11.5. The van der Waals surface area contributed by atoms with Crippen molar-refractivity contribution in [1.29, 1.82) is 0 Å². The van der Waals surface area contributed by atoms with Gasteiger partial charge in [0.1, 0.15) is 17.3 Å². The van der Waals surface area contributed by atoms with Gasteiger partial charge in [-0.2, -0.15) is 13.2 Å². The van der Waals surface area contributed by atoms with Crippen LogP contribution in [0, 0.1) is 5.82 Å². The molecular formula is C25H21ClF4N2O7. The summed E-state index contributed by atoms with van der Waals surface area (Å²) in [6, 6.07) is 7.67. The zero-order chi connectivity index (χ0) is 28.5. The summed E-state index contributed by atoms with van der Waals surface area (Å²) in [7, 11) is 0.787. The van der Waals surface area contributed by atoms with Crippen molar-refractivity contribution in [3.63, 3.8) is 0 Å². The van der Waals surface area contributed by atoms with E-state index in [1.165, 1.54) is 18.2 Å². The Hall–Kier alpha value is -3.84. The van der Waals surface area contributed by atoms with Crippen LogP contribution in [-0.2, 0) is 22.8 Å². The molecule has 1 fully saturated rings. The number of hydrogen-bond donors (Lipinski definition) is 1. The van der Waals surface area contributed by atoms with E-state index in [2.05, 4.69) is 0 Å². The molecule has 2 atom stereocenters. The third-order valence-corrected chi connectivity index (χ3v) is 6.26. The van der Waals surface area contributed by atoms with E-state index < -0.39 is 46.7 Å². The average molecular weight is 573 g/mol. The van der Waals surface area contributed by atoms with Crippen LogP contribution >= 0.6 is 11.6 Å². The number of carboxylic acids is 1. The minimum atomic E-state index is -5.00. The van der Waals surface area contributed by atoms with Gasteiger partial charge < -0.3 is 19.3 Å². The molecule has 1 aliphatic heterocycles. The van der Waals surface area contributed by atoms with Crippen LogP contribution in [0.3, 0.4) is 0 Å². The number of aromatic nitrogens is 2. The Labute approximate surface area is 222 Å². The number of ether oxygens (including phenoxy) is 3. The minimum absolute atomic E-state index is 0.00699. The molecule has 1 N–H and O–H groups in total. The number of carbonyl (C=O) groups is 1. The van der Waals surface area contributed by atoms with Crippen molar-refractivity contribution in [1.82, 2.24) is 9.13 Å². The fraction of sp³-hybridized carbons (Fsp3) is 0.320. The molecule has 0 aliphatic carbocycles. The number of hydrogen-bond acceptors (Lipinski definition) is 6. The van der Waals surface area contributed by atoms with Crippen molar-refractivity contribution in [2.75, 3.05) is 6.61 Å². The van der Waals surface area contributed by atoms with Crippen LogP contribution in [0.25, 0.3) is 5.69 Å². The van der Waals surface area contributed by atoms with Crippen molar-refractivity contribution >= 4 is 17.6 Å². The van der Waals surface area contributed by atoms with Crippen molar-refractivity contribution in [2.24, 2.45) is 7.05 Å². The molecule has 4 rings (SSSR count). The molecule has 2 aromatic carbocycles. The van der Waals surface area contributed by atoms with E-state index in [0.717, 1.165) is 25.6 Å². The summed E-state index contributed by atoms with van der Waals surface area (Å²) < 4.78 is 71.7. The van der Waals surface area contributed by atoms with Gasteiger partial charge in [-0.3, -0.25) is 9.36 Å². The van der Waals surface area contributed by atoms with Crippen LogP contribution in [0.1, 0.15) is 25.0 Å². The van der Waals surface area contributed by atoms with E-state index in [0.29, 0.717) is 13.0 Å². The molecule has 1 aromatic heterocycles. The average Bonchev–Trinajstić information content (AvgIpc) is 3.37. The van der Waals surface area contributed by atoms with Crippen molar-refractivity contribution in [3.8, 4) is 22.9 Å². The lowest BCUT2D eigenvalue weighted by molar-refractivity contribution is -0.146. The van der Waals surface area contributed by atoms with Crippen molar-refractivity contribution in [2.45, 2.75) is 37.6 Å². The number of aliphatic carboxylic acids is 1. The number of nitrogens with zero attached hydrogens (tertiary/aromatic N) is 2. The second-order valence-corrected chi connectivity index (χ2v) is 9.05. The quantitative estimate of drug-likeness (QED) is 0.395. The molecule has 2 unspecified atom stereocenters. The van der Waals surface area contributed by atoms with Gasteiger partial charge in [-0.15, -0.1) is 0 Å². The van der Waals surface area contributed by atoms with Gasteiger partial charge in [0.15, 0.2) is 17.6 Å². The van der Waals surface area contributed by atoms with Gasteiger partial charge in [-0.1, -0.05) is 23.7 Å². The lowest BCUT2D eigenvalue weighted by atomic mass is 10.1. The van der Waals surface area contributed by atoms with E-state index in [9.17, 15) is 37.1 Å². The molecule has 39 heavy (non-hydrogen) atoms. The molecular weight excluding hydrogens is 552 g/mol. The fourth-order valence-corrected chi connectivity index (χ4v) is 4.25. The number of carboxylic acid groups (broad SMARTS) is 1. The van der Waals surface area contributed by atoms with E-state index >= 15 is 0 Å².